The molecule has 0 atom stereocenters. The highest BCUT2D eigenvalue weighted by molar-refractivity contribution is 7.98. The van der Waals surface area contributed by atoms with Crippen LogP contribution in [0.25, 0.3) is 0 Å². The molecule has 1 aromatic carbocycles. The highest BCUT2D eigenvalue weighted by Crippen LogP contribution is 2.40. The van der Waals surface area contributed by atoms with Crippen LogP contribution in [-0.2, 0) is 0 Å². The van der Waals surface area contributed by atoms with Crippen molar-refractivity contribution in [3.05, 3.63) is 12.1 Å². The Labute approximate surface area is 110 Å². The van der Waals surface area contributed by atoms with E-state index in [1.807, 2.05) is 6.26 Å². The number of rotatable bonds is 3. The zero-order valence-electron chi connectivity index (χ0n) is 9.10. The number of hydrogen-bond acceptors (Lipinski definition) is 9. The van der Waals surface area contributed by atoms with Crippen molar-refractivity contribution in [2.24, 2.45) is 10.2 Å². The van der Waals surface area contributed by atoms with Gasteiger partial charge in [-0.1, -0.05) is 11.8 Å². The quantitative estimate of drug-likeness (QED) is 0.590. The molecule has 7 nitrogen and oxygen atoms in total. The van der Waals surface area contributed by atoms with Gasteiger partial charge in [-0.25, -0.2) is 0 Å². The van der Waals surface area contributed by atoms with E-state index in [1.165, 1.54) is 11.8 Å². The fourth-order valence-corrected chi connectivity index (χ4v) is 2.16. The number of phenols is 3. The van der Waals surface area contributed by atoms with Gasteiger partial charge in [-0.15, -0.1) is 10.2 Å². The van der Waals surface area contributed by atoms with Crippen molar-refractivity contribution in [3.63, 3.8) is 0 Å². The Morgan fingerprint density at radius 3 is 2.39 bits per heavy atom. The lowest BCUT2D eigenvalue weighted by Crippen LogP contribution is -1.72. The average molecular weight is 284 g/mol. The van der Waals surface area contributed by atoms with Crippen LogP contribution in [-0.4, -0.2) is 30.9 Å². The smallest absolute Gasteiger partial charge is 0.250 e. The summed E-state index contributed by atoms with van der Waals surface area (Å²) in [5.41, 5.74) is -0.131. The van der Waals surface area contributed by atoms with Crippen LogP contribution in [0, 0.1) is 0 Å². The van der Waals surface area contributed by atoms with E-state index in [4.69, 9.17) is 5.11 Å². The van der Waals surface area contributed by atoms with Crippen LogP contribution >= 0.6 is 23.3 Å². The molecule has 0 bridgehead atoms. The van der Waals surface area contributed by atoms with Gasteiger partial charge in [-0.2, -0.15) is 9.36 Å². The normalized spacial score (nSPS) is 11.2. The minimum Gasteiger partial charge on any atom is -0.508 e. The maximum Gasteiger partial charge on any atom is 0.250 e. The summed E-state index contributed by atoms with van der Waals surface area (Å²) in [7, 11) is 0. The number of hydrogen-bond donors (Lipinski definition) is 3. The van der Waals surface area contributed by atoms with Crippen molar-refractivity contribution in [1.29, 1.82) is 0 Å². The minimum absolute atomic E-state index is 0.131. The number of phenolic OH excluding ortho intramolecular Hbond substituents is 3. The maximum atomic E-state index is 9.49. The standard InChI is InChI=1S/C9H8N4O3S2/c1-17-9-10-8(18-13-9)12-11-7-5(15)2-4(14)3-6(7)16/h2-3,14-16H,1H3/b12-11+. The van der Waals surface area contributed by atoms with Crippen LogP contribution < -0.4 is 0 Å². The second kappa shape index (κ2) is 5.19. The second-order valence-electron chi connectivity index (χ2n) is 3.10. The molecule has 0 amide bonds. The van der Waals surface area contributed by atoms with Gasteiger partial charge in [0.2, 0.25) is 10.3 Å². The van der Waals surface area contributed by atoms with E-state index in [0.717, 1.165) is 23.7 Å². The molecule has 0 aliphatic rings. The van der Waals surface area contributed by atoms with Gasteiger partial charge in [0.15, 0.2) is 17.2 Å². The summed E-state index contributed by atoms with van der Waals surface area (Å²) in [5, 5.41) is 36.4. The van der Waals surface area contributed by atoms with Gasteiger partial charge in [0.05, 0.1) is 0 Å². The number of nitrogens with zero attached hydrogens (tertiary/aromatic N) is 4. The first kappa shape index (κ1) is 12.6. The summed E-state index contributed by atoms with van der Waals surface area (Å²) < 4.78 is 3.98. The third-order valence-corrected chi connectivity index (χ3v) is 3.13. The molecule has 0 saturated carbocycles. The predicted octanol–water partition coefficient (Wildman–Crippen LogP) is 2.79. The SMILES string of the molecule is CSc1nsc(/N=N/c2c(O)cc(O)cc2O)n1. The third kappa shape index (κ3) is 2.68. The molecular weight excluding hydrogens is 276 g/mol. The molecule has 0 fully saturated rings. The molecule has 2 rings (SSSR count). The van der Waals surface area contributed by atoms with Crippen LogP contribution in [0.5, 0.6) is 17.2 Å². The van der Waals surface area contributed by atoms with Crippen LogP contribution in [0.3, 0.4) is 0 Å². The van der Waals surface area contributed by atoms with Gasteiger partial charge in [-0.05, 0) is 6.26 Å². The minimum atomic E-state index is -0.370. The predicted molar refractivity (Wildman–Crippen MR) is 67.3 cm³/mol. The summed E-state index contributed by atoms with van der Waals surface area (Å²) in [6.07, 6.45) is 1.83. The second-order valence-corrected chi connectivity index (χ2v) is 4.60. The van der Waals surface area contributed by atoms with E-state index in [1.54, 1.807) is 0 Å². The molecule has 1 aromatic heterocycles. The van der Waals surface area contributed by atoms with Gasteiger partial charge >= 0.3 is 0 Å². The third-order valence-electron chi connectivity index (χ3n) is 1.87. The molecule has 1 heterocycles. The van der Waals surface area contributed by atoms with Crippen LogP contribution in [0.15, 0.2) is 27.5 Å². The molecule has 0 saturated heterocycles. The van der Waals surface area contributed by atoms with Crippen molar-refractivity contribution in [3.8, 4) is 17.2 Å². The number of aromatic nitrogens is 2. The lowest BCUT2D eigenvalue weighted by Gasteiger charge is -2.01. The lowest BCUT2D eigenvalue weighted by atomic mass is 10.2. The van der Waals surface area contributed by atoms with Gasteiger partial charge in [0, 0.05) is 23.7 Å². The Bertz CT molecular complexity index is 576. The van der Waals surface area contributed by atoms with Crippen LogP contribution in [0.4, 0.5) is 10.8 Å². The molecule has 0 radical (unpaired) electrons. The highest BCUT2D eigenvalue weighted by Gasteiger charge is 2.09. The maximum absolute atomic E-state index is 9.49. The summed E-state index contributed by atoms with van der Waals surface area (Å²) in [6.45, 7) is 0. The van der Waals surface area contributed by atoms with Crippen molar-refractivity contribution in [2.45, 2.75) is 5.16 Å². The fourth-order valence-electron chi connectivity index (χ4n) is 1.11. The zero-order valence-corrected chi connectivity index (χ0v) is 10.7. The van der Waals surface area contributed by atoms with Gasteiger partial charge < -0.3 is 15.3 Å². The Morgan fingerprint density at radius 2 is 1.83 bits per heavy atom. The Balaban J connectivity index is 2.28. The van der Waals surface area contributed by atoms with Crippen molar-refractivity contribution >= 4 is 34.1 Å². The fraction of sp³-hybridized carbons (Fsp3) is 0.111. The topological polar surface area (TPSA) is 111 Å². The summed E-state index contributed by atoms with van der Waals surface area (Å²) in [5.74, 6) is -0.999. The Morgan fingerprint density at radius 1 is 1.17 bits per heavy atom. The molecule has 18 heavy (non-hydrogen) atoms. The zero-order chi connectivity index (χ0) is 13.1. The van der Waals surface area contributed by atoms with E-state index >= 15 is 0 Å². The Hall–Kier alpha value is -1.87. The lowest BCUT2D eigenvalue weighted by molar-refractivity contribution is 0.429. The van der Waals surface area contributed by atoms with E-state index < -0.39 is 0 Å². The summed E-state index contributed by atoms with van der Waals surface area (Å²) >= 11 is 2.43. The molecule has 0 unspecified atom stereocenters. The molecule has 0 aliphatic carbocycles. The van der Waals surface area contributed by atoms with Crippen LogP contribution in [0.1, 0.15) is 0 Å². The number of aromatic hydroxyl groups is 3. The van der Waals surface area contributed by atoms with E-state index in [9.17, 15) is 10.2 Å². The van der Waals surface area contributed by atoms with Gasteiger partial charge in [0.1, 0.15) is 5.75 Å². The average Bonchev–Trinajstić information content (AvgIpc) is 2.75. The van der Waals surface area contributed by atoms with Gasteiger partial charge in [0.25, 0.3) is 0 Å². The number of benzene rings is 1. The monoisotopic (exact) mass is 284 g/mol. The largest absolute Gasteiger partial charge is 0.508 e. The van der Waals surface area contributed by atoms with E-state index in [-0.39, 0.29) is 22.9 Å². The van der Waals surface area contributed by atoms with Crippen molar-refractivity contribution < 1.29 is 15.3 Å². The van der Waals surface area contributed by atoms with Crippen molar-refractivity contribution in [2.75, 3.05) is 6.26 Å². The molecule has 3 N–H and O–H groups in total. The summed E-state index contributed by atoms with van der Waals surface area (Å²) in [6, 6.07) is 2.11. The van der Waals surface area contributed by atoms with E-state index in [0.29, 0.717) is 10.3 Å². The van der Waals surface area contributed by atoms with E-state index in [2.05, 4.69) is 19.6 Å². The molecular formula is C9H8N4O3S2. The first-order chi connectivity index (χ1) is 8.60. The molecule has 9 heteroatoms. The van der Waals surface area contributed by atoms with Crippen molar-refractivity contribution in [1.82, 2.24) is 9.36 Å². The first-order valence-electron chi connectivity index (χ1n) is 4.64. The molecule has 0 spiro atoms. The van der Waals surface area contributed by atoms with Crippen LogP contribution in [0.2, 0.25) is 0 Å². The molecule has 2 aromatic rings. The first-order valence-corrected chi connectivity index (χ1v) is 6.64. The molecule has 94 valence electrons. The highest BCUT2D eigenvalue weighted by atomic mass is 32.2. The molecule has 0 aliphatic heterocycles. The Kier molecular flexibility index (Phi) is 3.63. The van der Waals surface area contributed by atoms with Gasteiger partial charge in [-0.3, -0.25) is 0 Å². The number of thioether (sulfide) groups is 1. The number of azo groups is 1. The summed E-state index contributed by atoms with van der Waals surface area (Å²) in [4.78, 5) is 4.02.